The monoisotopic (exact) mass is 265 g/mol. The second kappa shape index (κ2) is 5.59. The summed E-state index contributed by atoms with van der Waals surface area (Å²) in [4.78, 5) is 11.1. The van der Waals surface area contributed by atoms with Gasteiger partial charge in [-0.05, 0) is 37.3 Å². The van der Waals surface area contributed by atoms with Gasteiger partial charge in [0.1, 0.15) is 11.3 Å². The van der Waals surface area contributed by atoms with Gasteiger partial charge >= 0.3 is 5.97 Å². The van der Waals surface area contributed by atoms with Gasteiger partial charge in [-0.2, -0.15) is 0 Å². The predicted molar refractivity (Wildman–Crippen MR) is 70.3 cm³/mol. The minimum Gasteiger partial charge on any atom is -0.507 e. The zero-order valence-corrected chi connectivity index (χ0v) is 10.9. The molecule has 1 heterocycles. The summed E-state index contributed by atoms with van der Waals surface area (Å²) in [5.41, 5.74) is 7.42. The van der Waals surface area contributed by atoms with Gasteiger partial charge in [-0.15, -0.1) is 0 Å². The lowest BCUT2D eigenvalue weighted by Gasteiger charge is -2.28. The first-order valence-electron chi connectivity index (χ1n) is 6.41. The smallest absolute Gasteiger partial charge is 0.339 e. The summed E-state index contributed by atoms with van der Waals surface area (Å²) < 4.78 is 5.29. The Hall–Kier alpha value is -1.59. The van der Waals surface area contributed by atoms with Crippen molar-refractivity contribution in [3.05, 3.63) is 28.8 Å². The van der Waals surface area contributed by atoms with E-state index in [2.05, 4.69) is 0 Å². The standard InChI is InChI=1S/C14H19NO4/c1-8-6-10(13(16)11(7-8)14(17)18)12(15)9-2-4-19-5-3-9/h6-7,9,12,16H,2-5,15H2,1H3,(H,17,18)/t12-/m1/s1. The number of aryl methyl sites for hydroxylation is 1. The van der Waals surface area contributed by atoms with Gasteiger partial charge < -0.3 is 20.7 Å². The molecule has 104 valence electrons. The largest absolute Gasteiger partial charge is 0.507 e. The highest BCUT2D eigenvalue weighted by Crippen LogP contribution is 2.35. The third-order valence-corrected chi connectivity index (χ3v) is 3.65. The normalized spacial score (nSPS) is 18.2. The molecule has 5 nitrogen and oxygen atoms in total. The molecular weight excluding hydrogens is 246 g/mol. The fourth-order valence-electron chi connectivity index (χ4n) is 2.55. The average molecular weight is 265 g/mol. The van der Waals surface area contributed by atoms with Crippen molar-refractivity contribution in [2.45, 2.75) is 25.8 Å². The Balaban J connectivity index is 2.35. The summed E-state index contributed by atoms with van der Waals surface area (Å²) in [5, 5.41) is 19.2. The maximum atomic E-state index is 11.1. The Morgan fingerprint density at radius 2 is 2.05 bits per heavy atom. The topological polar surface area (TPSA) is 92.8 Å². The third kappa shape index (κ3) is 2.88. The molecule has 2 rings (SSSR count). The molecule has 1 fully saturated rings. The van der Waals surface area contributed by atoms with Crippen LogP contribution >= 0.6 is 0 Å². The molecule has 5 heteroatoms. The second-order valence-corrected chi connectivity index (χ2v) is 5.03. The molecule has 4 N–H and O–H groups in total. The molecular formula is C14H19NO4. The molecule has 1 saturated heterocycles. The fourth-order valence-corrected chi connectivity index (χ4v) is 2.55. The van der Waals surface area contributed by atoms with E-state index in [1.54, 1.807) is 13.0 Å². The van der Waals surface area contributed by atoms with Crippen LogP contribution < -0.4 is 5.73 Å². The first kappa shape index (κ1) is 13.8. The number of rotatable bonds is 3. The van der Waals surface area contributed by atoms with Crippen LogP contribution in [0.5, 0.6) is 5.75 Å². The number of hydrogen-bond donors (Lipinski definition) is 3. The lowest BCUT2D eigenvalue weighted by Crippen LogP contribution is -2.27. The quantitative estimate of drug-likeness (QED) is 0.775. The van der Waals surface area contributed by atoms with Crippen LogP contribution in [-0.2, 0) is 4.74 Å². The van der Waals surface area contributed by atoms with E-state index in [4.69, 9.17) is 15.6 Å². The summed E-state index contributed by atoms with van der Waals surface area (Å²) in [7, 11) is 0. The van der Waals surface area contributed by atoms with E-state index in [-0.39, 0.29) is 23.3 Å². The molecule has 0 spiro atoms. The number of carboxylic acids is 1. The number of aromatic hydroxyl groups is 1. The van der Waals surface area contributed by atoms with E-state index in [9.17, 15) is 9.90 Å². The molecule has 1 aliphatic heterocycles. The van der Waals surface area contributed by atoms with Crippen LogP contribution in [0.25, 0.3) is 0 Å². The highest BCUT2D eigenvalue weighted by molar-refractivity contribution is 5.91. The molecule has 19 heavy (non-hydrogen) atoms. The third-order valence-electron chi connectivity index (χ3n) is 3.65. The molecule has 1 aromatic carbocycles. The fraction of sp³-hybridized carbons (Fsp3) is 0.500. The van der Waals surface area contributed by atoms with E-state index in [1.807, 2.05) is 0 Å². The predicted octanol–water partition coefficient (Wildman–Crippen LogP) is 1.83. The summed E-state index contributed by atoms with van der Waals surface area (Å²) in [6, 6.07) is 2.86. The summed E-state index contributed by atoms with van der Waals surface area (Å²) in [5.74, 6) is -1.14. The van der Waals surface area contributed by atoms with Gasteiger partial charge in [0.2, 0.25) is 0 Å². The minimum absolute atomic E-state index is 0.0856. The van der Waals surface area contributed by atoms with Crippen LogP contribution in [0.2, 0.25) is 0 Å². The second-order valence-electron chi connectivity index (χ2n) is 5.03. The van der Waals surface area contributed by atoms with E-state index >= 15 is 0 Å². The highest BCUT2D eigenvalue weighted by atomic mass is 16.5. The van der Waals surface area contributed by atoms with Crippen LogP contribution in [0.15, 0.2) is 12.1 Å². The Morgan fingerprint density at radius 1 is 1.42 bits per heavy atom. The van der Waals surface area contributed by atoms with Crippen molar-refractivity contribution in [3.8, 4) is 5.75 Å². The van der Waals surface area contributed by atoms with E-state index in [0.29, 0.717) is 18.8 Å². The van der Waals surface area contributed by atoms with Gasteiger partial charge in [-0.25, -0.2) is 4.79 Å². The Bertz CT molecular complexity index is 481. The zero-order valence-electron chi connectivity index (χ0n) is 10.9. The van der Waals surface area contributed by atoms with Crippen LogP contribution in [-0.4, -0.2) is 29.4 Å². The molecule has 0 bridgehead atoms. The van der Waals surface area contributed by atoms with Crippen molar-refractivity contribution in [2.75, 3.05) is 13.2 Å². The lowest BCUT2D eigenvalue weighted by atomic mass is 9.86. The molecule has 0 aliphatic carbocycles. The molecule has 0 saturated carbocycles. The molecule has 1 atom stereocenters. The van der Waals surface area contributed by atoms with Crippen molar-refractivity contribution in [3.63, 3.8) is 0 Å². The maximum Gasteiger partial charge on any atom is 0.339 e. The molecule has 1 aliphatic rings. The number of carbonyl (C=O) groups is 1. The number of aromatic carboxylic acids is 1. The van der Waals surface area contributed by atoms with Crippen LogP contribution in [0.1, 0.15) is 40.4 Å². The van der Waals surface area contributed by atoms with Gasteiger partial charge in [0.15, 0.2) is 0 Å². The summed E-state index contributed by atoms with van der Waals surface area (Å²) in [6.45, 7) is 3.12. The van der Waals surface area contributed by atoms with Crippen molar-refractivity contribution in [2.24, 2.45) is 11.7 Å². The highest BCUT2D eigenvalue weighted by Gasteiger charge is 2.26. The van der Waals surface area contributed by atoms with Gasteiger partial charge in [0.25, 0.3) is 0 Å². The molecule has 1 aromatic rings. The number of ether oxygens (including phenoxy) is 1. The van der Waals surface area contributed by atoms with Gasteiger partial charge in [-0.3, -0.25) is 0 Å². The number of benzene rings is 1. The average Bonchev–Trinajstić information content (AvgIpc) is 2.41. The van der Waals surface area contributed by atoms with E-state index < -0.39 is 5.97 Å². The van der Waals surface area contributed by atoms with Gasteiger partial charge in [0, 0.05) is 24.8 Å². The number of nitrogens with two attached hydrogens (primary N) is 1. The van der Waals surface area contributed by atoms with E-state index in [1.165, 1.54) is 6.07 Å². The SMILES string of the molecule is Cc1cc(C(=O)O)c(O)c([C@H](N)C2CCOCC2)c1. The van der Waals surface area contributed by atoms with Crippen molar-refractivity contribution in [1.82, 2.24) is 0 Å². The van der Waals surface area contributed by atoms with Crippen LogP contribution in [0.4, 0.5) is 0 Å². The van der Waals surface area contributed by atoms with Crippen LogP contribution in [0, 0.1) is 12.8 Å². The number of hydrogen-bond acceptors (Lipinski definition) is 4. The van der Waals surface area contributed by atoms with Gasteiger partial charge in [-0.1, -0.05) is 6.07 Å². The molecule has 0 unspecified atom stereocenters. The lowest BCUT2D eigenvalue weighted by molar-refractivity contribution is 0.0579. The Kier molecular flexibility index (Phi) is 4.07. The maximum absolute atomic E-state index is 11.1. The van der Waals surface area contributed by atoms with Crippen molar-refractivity contribution >= 4 is 5.97 Å². The van der Waals surface area contributed by atoms with Gasteiger partial charge in [0.05, 0.1) is 0 Å². The first-order valence-corrected chi connectivity index (χ1v) is 6.41. The summed E-state index contributed by atoms with van der Waals surface area (Å²) >= 11 is 0. The van der Waals surface area contributed by atoms with Crippen molar-refractivity contribution < 1.29 is 19.7 Å². The molecule has 0 amide bonds. The van der Waals surface area contributed by atoms with E-state index in [0.717, 1.165) is 18.4 Å². The number of phenols is 1. The van der Waals surface area contributed by atoms with Crippen LogP contribution in [0.3, 0.4) is 0 Å². The zero-order chi connectivity index (χ0) is 14.0. The summed E-state index contributed by atoms with van der Waals surface area (Å²) in [6.07, 6.45) is 1.66. The Labute approximate surface area is 112 Å². The number of carboxylic acid groups (broad SMARTS) is 1. The van der Waals surface area contributed by atoms with Crippen molar-refractivity contribution in [1.29, 1.82) is 0 Å². The molecule has 0 aromatic heterocycles. The minimum atomic E-state index is -1.14. The first-order chi connectivity index (χ1) is 9.00. The molecule has 0 radical (unpaired) electrons. The Morgan fingerprint density at radius 3 is 2.63 bits per heavy atom.